The summed E-state index contributed by atoms with van der Waals surface area (Å²) in [5.74, 6) is 0.898. The summed E-state index contributed by atoms with van der Waals surface area (Å²) in [6, 6.07) is 7.65. The Morgan fingerprint density at radius 1 is 1.30 bits per heavy atom. The fourth-order valence-electron chi connectivity index (χ4n) is 3.13. The number of rotatable bonds is 6. The predicted octanol–water partition coefficient (Wildman–Crippen LogP) is 4.33. The SMILES string of the molecule is CCCC1CCN(c2ccc(CNC3CC3)c(Br)c2)C1. The van der Waals surface area contributed by atoms with Gasteiger partial charge < -0.3 is 10.2 Å². The second-order valence-electron chi connectivity index (χ2n) is 6.32. The molecule has 20 heavy (non-hydrogen) atoms. The maximum Gasteiger partial charge on any atom is 0.0377 e. The molecule has 0 radical (unpaired) electrons. The summed E-state index contributed by atoms with van der Waals surface area (Å²) in [5, 5.41) is 3.58. The molecule has 1 aromatic carbocycles. The van der Waals surface area contributed by atoms with Crippen molar-refractivity contribution in [2.75, 3.05) is 18.0 Å². The van der Waals surface area contributed by atoms with Crippen molar-refractivity contribution < 1.29 is 0 Å². The molecule has 2 aliphatic rings. The van der Waals surface area contributed by atoms with Gasteiger partial charge in [0.05, 0.1) is 0 Å². The molecule has 0 bridgehead atoms. The molecule has 1 unspecified atom stereocenters. The molecule has 1 saturated heterocycles. The zero-order chi connectivity index (χ0) is 13.9. The first-order valence-electron chi connectivity index (χ1n) is 8.03. The molecule has 0 aromatic heterocycles. The van der Waals surface area contributed by atoms with Gasteiger partial charge in [-0.05, 0) is 49.3 Å². The third kappa shape index (κ3) is 3.56. The van der Waals surface area contributed by atoms with Crippen LogP contribution in [-0.2, 0) is 6.54 Å². The lowest BCUT2D eigenvalue weighted by Crippen LogP contribution is -2.20. The first-order chi connectivity index (χ1) is 9.76. The lowest BCUT2D eigenvalue weighted by atomic mass is 10.0. The highest BCUT2D eigenvalue weighted by molar-refractivity contribution is 9.10. The normalized spacial score (nSPS) is 22.5. The summed E-state index contributed by atoms with van der Waals surface area (Å²) >= 11 is 3.74. The summed E-state index contributed by atoms with van der Waals surface area (Å²) in [6.07, 6.45) is 6.75. The van der Waals surface area contributed by atoms with Gasteiger partial charge in [-0.2, -0.15) is 0 Å². The number of hydrogen-bond donors (Lipinski definition) is 1. The molecular formula is C17H25BrN2. The first-order valence-corrected chi connectivity index (χ1v) is 8.82. The van der Waals surface area contributed by atoms with Crippen LogP contribution in [0.25, 0.3) is 0 Å². The van der Waals surface area contributed by atoms with Gasteiger partial charge in [-0.1, -0.05) is 35.3 Å². The van der Waals surface area contributed by atoms with Crippen molar-refractivity contribution in [3.63, 3.8) is 0 Å². The molecule has 1 aromatic rings. The molecule has 2 nitrogen and oxygen atoms in total. The van der Waals surface area contributed by atoms with Crippen LogP contribution in [-0.4, -0.2) is 19.1 Å². The van der Waals surface area contributed by atoms with Crippen molar-refractivity contribution in [2.24, 2.45) is 5.92 Å². The second kappa shape index (κ2) is 6.48. The number of benzene rings is 1. The molecule has 1 heterocycles. The summed E-state index contributed by atoms with van der Waals surface area (Å²) in [6.45, 7) is 5.74. The van der Waals surface area contributed by atoms with Crippen molar-refractivity contribution >= 4 is 21.6 Å². The minimum Gasteiger partial charge on any atom is -0.371 e. The third-order valence-electron chi connectivity index (χ3n) is 4.54. The molecule has 110 valence electrons. The first kappa shape index (κ1) is 14.4. The molecule has 1 aliphatic carbocycles. The van der Waals surface area contributed by atoms with E-state index in [0.717, 1.165) is 18.5 Å². The van der Waals surface area contributed by atoms with Crippen molar-refractivity contribution in [2.45, 2.75) is 51.6 Å². The highest BCUT2D eigenvalue weighted by Crippen LogP contribution is 2.30. The number of hydrogen-bond acceptors (Lipinski definition) is 2. The fourth-order valence-corrected chi connectivity index (χ4v) is 3.64. The Hall–Kier alpha value is -0.540. The largest absolute Gasteiger partial charge is 0.371 e. The van der Waals surface area contributed by atoms with Crippen LogP contribution in [0.3, 0.4) is 0 Å². The Bertz CT molecular complexity index is 456. The van der Waals surface area contributed by atoms with E-state index < -0.39 is 0 Å². The molecule has 2 fully saturated rings. The quantitative estimate of drug-likeness (QED) is 0.831. The molecule has 0 spiro atoms. The van der Waals surface area contributed by atoms with Gasteiger partial charge in [-0.25, -0.2) is 0 Å². The third-order valence-corrected chi connectivity index (χ3v) is 5.28. The average Bonchev–Trinajstić information content (AvgIpc) is 3.16. The standard InChI is InChI=1S/C17H25BrN2/c1-2-3-13-8-9-20(12-13)16-7-4-14(17(18)10-16)11-19-15-5-6-15/h4,7,10,13,15,19H,2-3,5-6,8-9,11-12H2,1H3. The summed E-state index contributed by atoms with van der Waals surface area (Å²) in [5.41, 5.74) is 2.76. The van der Waals surface area contributed by atoms with Crippen LogP contribution in [0.15, 0.2) is 22.7 Å². The zero-order valence-electron chi connectivity index (χ0n) is 12.4. The minimum absolute atomic E-state index is 0.773. The Morgan fingerprint density at radius 2 is 2.15 bits per heavy atom. The van der Waals surface area contributed by atoms with Crippen molar-refractivity contribution in [3.05, 3.63) is 28.2 Å². The van der Waals surface area contributed by atoms with Crippen LogP contribution >= 0.6 is 15.9 Å². The van der Waals surface area contributed by atoms with E-state index in [9.17, 15) is 0 Å². The lowest BCUT2D eigenvalue weighted by Gasteiger charge is -2.20. The van der Waals surface area contributed by atoms with Gasteiger partial charge in [0, 0.05) is 35.8 Å². The van der Waals surface area contributed by atoms with E-state index in [-0.39, 0.29) is 0 Å². The molecule has 3 rings (SSSR count). The Labute approximate surface area is 131 Å². The highest BCUT2D eigenvalue weighted by atomic mass is 79.9. The van der Waals surface area contributed by atoms with Gasteiger partial charge in [0.1, 0.15) is 0 Å². The lowest BCUT2D eigenvalue weighted by molar-refractivity contribution is 0.530. The molecular weight excluding hydrogens is 312 g/mol. The van der Waals surface area contributed by atoms with E-state index in [1.807, 2.05) is 0 Å². The topological polar surface area (TPSA) is 15.3 Å². The van der Waals surface area contributed by atoms with E-state index >= 15 is 0 Å². The maximum absolute atomic E-state index is 3.74. The van der Waals surface area contributed by atoms with Gasteiger partial charge >= 0.3 is 0 Å². The Kier molecular flexibility index (Phi) is 4.67. The molecule has 1 N–H and O–H groups in total. The van der Waals surface area contributed by atoms with Gasteiger partial charge in [-0.3, -0.25) is 0 Å². The van der Waals surface area contributed by atoms with Gasteiger partial charge in [0.2, 0.25) is 0 Å². The molecule has 1 saturated carbocycles. The van der Waals surface area contributed by atoms with Crippen molar-refractivity contribution in [1.29, 1.82) is 0 Å². The van der Waals surface area contributed by atoms with E-state index in [1.54, 1.807) is 0 Å². The van der Waals surface area contributed by atoms with Crippen molar-refractivity contribution in [1.82, 2.24) is 5.32 Å². The van der Waals surface area contributed by atoms with E-state index in [2.05, 4.69) is 51.3 Å². The minimum atomic E-state index is 0.773. The van der Waals surface area contributed by atoms with E-state index in [4.69, 9.17) is 0 Å². The van der Waals surface area contributed by atoms with Crippen LogP contribution in [0, 0.1) is 5.92 Å². The summed E-state index contributed by atoms with van der Waals surface area (Å²) in [7, 11) is 0. The average molecular weight is 337 g/mol. The van der Waals surface area contributed by atoms with Crippen LogP contribution in [0.2, 0.25) is 0 Å². The maximum atomic E-state index is 3.74. The fraction of sp³-hybridized carbons (Fsp3) is 0.647. The van der Waals surface area contributed by atoms with Crippen LogP contribution < -0.4 is 10.2 Å². The predicted molar refractivity (Wildman–Crippen MR) is 89.2 cm³/mol. The number of nitrogens with one attached hydrogen (secondary N) is 1. The summed E-state index contributed by atoms with van der Waals surface area (Å²) < 4.78 is 1.25. The van der Waals surface area contributed by atoms with Crippen LogP contribution in [0.5, 0.6) is 0 Å². The molecule has 1 aliphatic heterocycles. The zero-order valence-corrected chi connectivity index (χ0v) is 14.0. The van der Waals surface area contributed by atoms with Crippen molar-refractivity contribution in [3.8, 4) is 0 Å². The summed E-state index contributed by atoms with van der Waals surface area (Å²) in [4.78, 5) is 2.54. The second-order valence-corrected chi connectivity index (χ2v) is 7.17. The van der Waals surface area contributed by atoms with Gasteiger partial charge in [-0.15, -0.1) is 0 Å². The molecule has 1 atom stereocenters. The van der Waals surface area contributed by atoms with Crippen LogP contribution in [0.1, 0.15) is 44.6 Å². The number of anilines is 1. The van der Waals surface area contributed by atoms with E-state index in [1.165, 1.54) is 60.9 Å². The molecule has 0 amide bonds. The van der Waals surface area contributed by atoms with Gasteiger partial charge in [0.25, 0.3) is 0 Å². The van der Waals surface area contributed by atoms with Crippen LogP contribution in [0.4, 0.5) is 5.69 Å². The number of halogens is 1. The van der Waals surface area contributed by atoms with E-state index in [0.29, 0.717) is 0 Å². The molecule has 3 heteroatoms. The number of nitrogens with zero attached hydrogens (tertiary/aromatic N) is 1. The Balaban J connectivity index is 1.61. The monoisotopic (exact) mass is 336 g/mol. The van der Waals surface area contributed by atoms with Gasteiger partial charge in [0.15, 0.2) is 0 Å². The smallest absolute Gasteiger partial charge is 0.0377 e. The Morgan fingerprint density at radius 3 is 2.85 bits per heavy atom. The highest BCUT2D eigenvalue weighted by Gasteiger charge is 2.23.